The van der Waals surface area contributed by atoms with Gasteiger partial charge in [0.05, 0.1) is 14.2 Å². The number of carbonyl (C=O) groups is 1. The summed E-state index contributed by atoms with van der Waals surface area (Å²) in [6, 6.07) is 10.8. The SMILES string of the molecule is COc1cc(C=CC(=O)c2cccc(OC(F)F)c2)cc(OC)c1. The molecular formula is C18H16F2O4. The fourth-order valence-corrected chi connectivity index (χ4v) is 2.02. The maximum atomic E-state index is 12.2. The summed E-state index contributed by atoms with van der Waals surface area (Å²) in [5, 5.41) is 0. The Morgan fingerprint density at radius 3 is 2.25 bits per heavy atom. The number of ketones is 1. The number of carbonyl (C=O) groups excluding carboxylic acids is 1. The smallest absolute Gasteiger partial charge is 0.387 e. The maximum Gasteiger partial charge on any atom is 0.387 e. The molecule has 0 aliphatic heterocycles. The van der Waals surface area contributed by atoms with E-state index in [1.54, 1.807) is 24.3 Å². The quantitative estimate of drug-likeness (QED) is 0.562. The van der Waals surface area contributed by atoms with Crippen LogP contribution in [-0.2, 0) is 0 Å². The number of rotatable bonds is 7. The first-order chi connectivity index (χ1) is 11.5. The maximum absolute atomic E-state index is 12.2. The number of hydrogen-bond acceptors (Lipinski definition) is 4. The van der Waals surface area contributed by atoms with Crippen LogP contribution in [0.2, 0.25) is 0 Å². The molecule has 2 rings (SSSR count). The molecule has 0 aliphatic rings. The molecular weight excluding hydrogens is 318 g/mol. The predicted octanol–water partition coefficient (Wildman–Crippen LogP) is 4.20. The standard InChI is InChI=1S/C18H16F2O4/c1-22-15-8-12(9-16(11-15)23-2)6-7-17(21)13-4-3-5-14(10-13)24-18(19)20/h3-11,18H,1-2H3. The van der Waals surface area contributed by atoms with Gasteiger partial charge in [0.1, 0.15) is 17.2 Å². The van der Waals surface area contributed by atoms with Gasteiger partial charge in [-0.3, -0.25) is 4.79 Å². The van der Waals surface area contributed by atoms with E-state index in [1.165, 1.54) is 44.6 Å². The van der Waals surface area contributed by atoms with Crippen LogP contribution in [0.5, 0.6) is 17.2 Å². The molecule has 0 saturated carbocycles. The summed E-state index contributed by atoms with van der Waals surface area (Å²) in [5.41, 5.74) is 0.957. The Morgan fingerprint density at radius 2 is 1.67 bits per heavy atom. The van der Waals surface area contributed by atoms with Crippen molar-refractivity contribution in [2.24, 2.45) is 0 Å². The first-order valence-electron chi connectivity index (χ1n) is 7.02. The number of ether oxygens (including phenoxy) is 3. The zero-order chi connectivity index (χ0) is 17.5. The zero-order valence-corrected chi connectivity index (χ0v) is 13.2. The number of allylic oxidation sites excluding steroid dienone is 1. The molecule has 24 heavy (non-hydrogen) atoms. The molecule has 2 aromatic rings. The lowest BCUT2D eigenvalue weighted by Gasteiger charge is -2.06. The van der Waals surface area contributed by atoms with Gasteiger partial charge in [-0.1, -0.05) is 18.2 Å². The van der Waals surface area contributed by atoms with E-state index < -0.39 is 6.61 Å². The average molecular weight is 334 g/mol. The molecule has 6 heteroatoms. The van der Waals surface area contributed by atoms with Gasteiger partial charge < -0.3 is 14.2 Å². The topological polar surface area (TPSA) is 44.8 Å². The first-order valence-corrected chi connectivity index (χ1v) is 7.02. The molecule has 0 fully saturated rings. The van der Waals surface area contributed by atoms with Crippen molar-refractivity contribution in [3.63, 3.8) is 0 Å². The van der Waals surface area contributed by atoms with Crippen LogP contribution in [-0.4, -0.2) is 26.6 Å². The molecule has 0 heterocycles. The summed E-state index contributed by atoms with van der Waals surface area (Å²) in [7, 11) is 3.06. The van der Waals surface area contributed by atoms with Crippen molar-refractivity contribution in [1.29, 1.82) is 0 Å². The van der Waals surface area contributed by atoms with Crippen LogP contribution < -0.4 is 14.2 Å². The third-order valence-corrected chi connectivity index (χ3v) is 3.14. The van der Waals surface area contributed by atoms with E-state index in [1.807, 2.05) is 0 Å². The van der Waals surface area contributed by atoms with E-state index in [9.17, 15) is 13.6 Å². The summed E-state index contributed by atoms with van der Waals surface area (Å²) >= 11 is 0. The largest absolute Gasteiger partial charge is 0.497 e. The number of methoxy groups -OCH3 is 2. The fraction of sp³-hybridized carbons (Fsp3) is 0.167. The van der Waals surface area contributed by atoms with Crippen molar-refractivity contribution in [2.75, 3.05) is 14.2 Å². The highest BCUT2D eigenvalue weighted by Gasteiger charge is 2.08. The van der Waals surface area contributed by atoms with E-state index >= 15 is 0 Å². The highest BCUT2D eigenvalue weighted by atomic mass is 19.3. The molecule has 0 aromatic heterocycles. The highest BCUT2D eigenvalue weighted by molar-refractivity contribution is 6.07. The van der Waals surface area contributed by atoms with E-state index in [0.29, 0.717) is 17.1 Å². The minimum Gasteiger partial charge on any atom is -0.497 e. The summed E-state index contributed by atoms with van der Waals surface area (Å²) in [6.45, 7) is -2.94. The van der Waals surface area contributed by atoms with E-state index in [0.717, 1.165) is 0 Å². The van der Waals surface area contributed by atoms with Gasteiger partial charge in [-0.15, -0.1) is 0 Å². The van der Waals surface area contributed by atoms with E-state index in [-0.39, 0.29) is 17.1 Å². The lowest BCUT2D eigenvalue weighted by Crippen LogP contribution is -2.03. The van der Waals surface area contributed by atoms with Crippen molar-refractivity contribution in [3.05, 3.63) is 59.7 Å². The predicted molar refractivity (Wildman–Crippen MR) is 86.0 cm³/mol. The Labute approximate surface area is 138 Å². The van der Waals surface area contributed by atoms with Crippen LogP contribution >= 0.6 is 0 Å². The second-order valence-corrected chi connectivity index (χ2v) is 4.75. The van der Waals surface area contributed by atoms with Crippen LogP contribution in [0.3, 0.4) is 0 Å². The fourth-order valence-electron chi connectivity index (χ4n) is 2.02. The second-order valence-electron chi connectivity index (χ2n) is 4.75. The van der Waals surface area contributed by atoms with Crippen molar-refractivity contribution in [1.82, 2.24) is 0 Å². The molecule has 4 nitrogen and oxygen atoms in total. The lowest BCUT2D eigenvalue weighted by atomic mass is 10.1. The number of alkyl halides is 2. The van der Waals surface area contributed by atoms with Crippen molar-refractivity contribution >= 4 is 11.9 Å². The number of halogens is 2. The van der Waals surface area contributed by atoms with Gasteiger partial charge >= 0.3 is 6.61 Å². The summed E-state index contributed by atoms with van der Waals surface area (Å²) in [5.74, 6) is 0.784. The molecule has 0 unspecified atom stereocenters. The minimum absolute atomic E-state index is 0.0627. The van der Waals surface area contributed by atoms with Crippen LogP contribution in [0.15, 0.2) is 48.5 Å². The third-order valence-electron chi connectivity index (χ3n) is 3.14. The first kappa shape index (κ1) is 17.5. The molecule has 0 N–H and O–H groups in total. The normalized spacial score (nSPS) is 10.9. The van der Waals surface area contributed by atoms with Crippen LogP contribution in [0, 0.1) is 0 Å². The van der Waals surface area contributed by atoms with Crippen LogP contribution in [0.4, 0.5) is 8.78 Å². The van der Waals surface area contributed by atoms with Gasteiger partial charge in [-0.25, -0.2) is 0 Å². The highest BCUT2D eigenvalue weighted by Crippen LogP contribution is 2.23. The molecule has 2 aromatic carbocycles. The van der Waals surface area contributed by atoms with Crippen molar-refractivity contribution in [3.8, 4) is 17.2 Å². The van der Waals surface area contributed by atoms with Gasteiger partial charge in [-0.2, -0.15) is 8.78 Å². The van der Waals surface area contributed by atoms with Gasteiger partial charge in [-0.05, 0) is 35.9 Å². The van der Waals surface area contributed by atoms with Gasteiger partial charge in [0, 0.05) is 11.6 Å². The Bertz CT molecular complexity index is 719. The Hall–Kier alpha value is -2.89. The Balaban J connectivity index is 2.18. The Kier molecular flexibility index (Phi) is 5.89. The number of hydrogen-bond donors (Lipinski definition) is 0. The average Bonchev–Trinajstić information content (AvgIpc) is 2.58. The van der Waals surface area contributed by atoms with Crippen LogP contribution in [0.1, 0.15) is 15.9 Å². The number of benzene rings is 2. The Morgan fingerprint density at radius 1 is 1.00 bits per heavy atom. The van der Waals surface area contributed by atoms with Gasteiger partial charge in [0.2, 0.25) is 0 Å². The zero-order valence-electron chi connectivity index (χ0n) is 13.2. The molecule has 126 valence electrons. The monoisotopic (exact) mass is 334 g/mol. The molecule has 0 saturated heterocycles. The molecule has 0 bridgehead atoms. The molecule has 0 aliphatic carbocycles. The molecule has 0 radical (unpaired) electrons. The summed E-state index contributed by atoms with van der Waals surface area (Å²) in [4.78, 5) is 12.2. The lowest BCUT2D eigenvalue weighted by molar-refractivity contribution is -0.0498. The third kappa shape index (κ3) is 4.81. The molecule has 0 spiro atoms. The second kappa shape index (κ2) is 8.10. The summed E-state index contributed by atoms with van der Waals surface area (Å²) < 4.78 is 39.0. The molecule has 0 atom stereocenters. The van der Waals surface area contributed by atoms with Crippen LogP contribution in [0.25, 0.3) is 6.08 Å². The van der Waals surface area contributed by atoms with Gasteiger partial charge in [0.15, 0.2) is 5.78 Å². The van der Waals surface area contributed by atoms with Crippen molar-refractivity contribution in [2.45, 2.75) is 6.61 Å². The molecule has 0 amide bonds. The van der Waals surface area contributed by atoms with E-state index in [4.69, 9.17) is 9.47 Å². The van der Waals surface area contributed by atoms with Crippen molar-refractivity contribution < 1.29 is 27.8 Å². The summed E-state index contributed by atoms with van der Waals surface area (Å²) in [6.07, 6.45) is 2.93. The minimum atomic E-state index is -2.94. The van der Waals surface area contributed by atoms with E-state index in [2.05, 4.69) is 4.74 Å². The van der Waals surface area contributed by atoms with Gasteiger partial charge in [0.25, 0.3) is 0 Å².